The van der Waals surface area contributed by atoms with E-state index in [9.17, 15) is 4.79 Å². The molecule has 1 amide bonds. The van der Waals surface area contributed by atoms with Crippen LogP contribution >= 0.6 is 11.8 Å². The van der Waals surface area contributed by atoms with Crippen molar-refractivity contribution in [3.63, 3.8) is 0 Å². The molecule has 2 aromatic heterocycles. The average Bonchev–Trinajstić information content (AvgIpc) is 3.01. The molecule has 0 unspecified atom stereocenters. The van der Waals surface area contributed by atoms with Crippen LogP contribution in [-0.2, 0) is 4.79 Å². The van der Waals surface area contributed by atoms with Gasteiger partial charge in [0.2, 0.25) is 11.8 Å². The number of para-hydroxylation sites is 1. The number of nitrogens with zero attached hydrogens (tertiary/aromatic N) is 3. The zero-order valence-corrected chi connectivity index (χ0v) is 13.6. The standard InChI is InChI=1S/C16H16N4O2S/c1-10(2)15-19-20-16(22-15)18-13(21)9-23-14-8-7-11-5-3-4-6-12(11)17-14/h3-8,10H,9H2,1-2H3,(H,18,20,21). The van der Waals surface area contributed by atoms with E-state index in [1.54, 1.807) is 0 Å². The number of nitrogens with one attached hydrogen (secondary N) is 1. The van der Waals surface area contributed by atoms with Crippen LogP contribution in [0, 0.1) is 0 Å². The van der Waals surface area contributed by atoms with Crippen LogP contribution in [0.15, 0.2) is 45.8 Å². The lowest BCUT2D eigenvalue weighted by Gasteiger charge is -2.03. The lowest BCUT2D eigenvalue weighted by Crippen LogP contribution is -2.14. The lowest BCUT2D eigenvalue weighted by atomic mass is 10.2. The van der Waals surface area contributed by atoms with E-state index in [1.807, 2.05) is 50.2 Å². The third-order valence-electron chi connectivity index (χ3n) is 3.10. The van der Waals surface area contributed by atoms with Crippen molar-refractivity contribution in [2.75, 3.05) is 11.1 Å². The van der Waals surface area contributed by atoms with Gasteiger partial charge in [-0.25, -0.2) is 4.98 Å². The highest BCUT2D eigenvalue weighted by atomic mass is 32.2. The second kappa shape index (κ2) is 6.78. The summed E-state index contributed by atoms with van der Waals surface area (Å²) in [6.07, 6.45) is 0. The summed E-state index contributed by atoms with van der Waals surface area (Å²) in [6, 6.07) is 11.9. The number of hydrogen-bond donors (Lipinski definition) is 1. The largest absolute Gasteiger partial charge is 0.408 e. The van der Waals surface area contributed by atoms with E-state index in [-0.39, 0.29) is 23.6 Å². The van der Waals surface area contributed by atoms with Gasteiger partial charge in [0.15, 0.2) is 0 Å². The summed E-state index contributed by atoms with van der Waals surface area (Å²) in [5, 5.41) is 12.1. The molecule has 0 bridgehead atoms. The average molecular weight is 328 g/mol. The van der Waals surface area contributed by atoms with Crippen LogP contribution in [0.3, 0.4) is 0 Å². The third kappa shape index (κ3) is 3.87. The summed E-state index contributed by atoms with van der Waals surface area (Å²) in [6.45, 7) is 3.89. The maximum absolute atomic E-state index is 11.9. The molecule has 7 heteroatoms. The van der Waals surface area contributed by atoms with Gasteiger partial charge in [-0.15, -0.1) is 5.10 Å². The van der Waals surface area contributed by atoms with E-state index >= 15 is 0 Å². The fraction of sp³-hybridized carbons (Fsp3) is 0.250. The Kier molecular flexibility index (Phi) is 4.57. The SMILES string of the molecule is CC(C)c1nnc(NC(=O)CSc2ccc3ccccc3n2)o1. The summed E-state index contributed by atoms with van der Waals surface area (Å²) in [4.78, 5) is 16.5. The molecule has 6 nitrogen and oxygen atoms in total. The predicted octanol–water partition coefficient (Wildman–Crippen LogP) is 3.47. The molecule has 0 fully saturated rings. The zero-order valence-electron chi connectivity index (χ0n) is 12.8. The fourth-order valence-electron chi connectivity index (χ4n) is 1.94. The first-order valence-corrected chi connectivity index (χ1v) is 8.22. The lowest BCUT2D eigenvalue weighted by molar-refractivity contribution is -0.113. The predicted molar refractivity (Wildman–Crippen MR) is 89.5 cm³/mol. The number of anilines is 1. The Morgan fingerprint density at radius 3 is 2.83 bits per heavy atom. The summed E-state index contributed by atoms with van der Waals surface area (Å²) in [7, 11) is 0. The van der Waals surface area contributed by atoms with Crippen LogP contribution in [0.4, 0.5) is 6.01 Å². The number of pyridine rings is 1. The minimum Gasteiger partial charge on any atom is -0.408 e. The van der Waals surface area contributed by atoms with Gasteiger partial charge in [0, 0.05) is 11.3 Å². The van der Waals surface area contributed by atoms with Crippen molar-refractivity contribution in [3.8, 4) is 0 Å². The van der Waals surface area contributed by atoms with Crippen LogP contribution in [0.25, 0.3) is 10.9 Å². The molecule has 118 valence electrons. The minimum atomic E-state index is -0.205. The van der Waals surface area contributed by atoms with Gasteiger partial charge in [0.25, 0.3) is 0 Å². The van der Waals surface area contributed by atoms with Gasteiger partial charge in [-0.3, -0.25) is 10.1 Å². The Hall–Kier alpha value is -2.41. The molecule has 0 saturated carbocycles. The number of carbonyl (C=O) groups is 1. The maximum atomic E-state index is 11.9. The second-order valence-corrected chi connectivity index (χ2v) is 6.27. The summed E-state index contributed by atoms with van der Waals surface area (Å²) in [5.74, 6) is 0.655. The molecular formula is C16H16N4O2S. The first kappa shape index (κ1) is 15.5. The molecule has 1 N–H and O–H groups in total. The van der Waals surface area contributed by atoms with Crippen molar-refractivity contribution in [1.29, 1.82) is 0 Å². The van der Waals surface area contributed by atoms with Crippen LogP contribution < -0.4 is 5.32 Å². The van der Waals surface area contributed by atoms with Crippen LogP contribution in [0.1, 0.15) is 25.7 Å². The van der Waals surface area contributed by atoms with Crippen molar-refractivity contribution in [2.45, 2.75) is 24.8 Å². The summed E-state index contributed by atoms with van der Waals surface area (Å²) < 4.78 is 5.35. The molecule has 0 spiro atoms. The quantitative estimate of drug-likeness (QED) is 0.722. The summed E-state index contributed by atoms with van der Waals surface area (Å²) >= 11 is 1.36. The molecule has 0 aliphatic carbocycles. The fourth-order valence-corrected chi connectivity index (χ4v) is 2.62. The van der Waals surface area contributed by atoms with Crippen molar-refractivity contribution < 1.29 is 9.21 Å². The van der Waals surface area contributed by atoms with Crippen molar-refractivity contribution in [3.05, 3.63) is 42.3 Å². The normalized spacial score (nSPS) is 11.1. The smallest absolute Gasteiger partial charge is 0.322 e. The molecular weight excluding hydrogens is 312 g/mol. The number of rotatable bonds is 5. The highest BCUT2D eigenvalue weighted by Gasteiger charge is 2.12. The van der Waals surface area contributed by atoms with E-state index in [4.69, 9.17) is 4.42 Å². The summed E-state index contributed by atoms with van der Waals surface area (Å²) in [5.41, 5.74) is 0.913. The molecule has 3 aromatic rings. The van der Waals surface area contributed by atoms with Gasteiger partial charge >= 0.3 is 6.01 Å². The Morgan fingerprint density at radius 2 is 2.04 bits per heavy atom. The topological polar surface area (TPSA) is 80.9 Å². The van der Waals surface area contributed by atoms with Gasteiger partial charge in [0.05, 0.1) is 16.3 Å². The molecule has 3 rings (SSSR count). The molecule has 23 heavy (non-hydrogen) atoms. The molecule has 0 radical (unpaired) electrons. The van der Waals surface area contributed by atoms with Crippen molar-refractivity contribution in [2.24, 2.45) is 0 Å². The van der Waals surface area contributed by atoms with Crippen LogP contribution in [0.5, 0.6) is 0 Å². The first-order valence-electron chi connectivity index (χ1n) is 7.23. The molecule has 0 atom stereocenters. The molecule has 0 aliphatic rings. The Bertz CT molecular complexity index is 832. The van der Waals surface area contributed by atoms with E-state index in [0.29, 0.717) is 5.89 Å². The zero-order chi connectivity index (χ0) is 16.2. The number of benzene rings is 1. The van der Waals surface area contributed by atoms with E-state index in [0.717, 1.165) is 15.9 Å². The van der Waals surface area contributed by atoms with Gasteiger partial charge in [-0.2, -0.15) is 0 Å². The number of thioether (sulfide) groups is 1. The van der Waals surface area contributed by atoms with Gasteiger partial charge in [0.1, 0.15) is 0 Å². The molecule has 1 aromatic carbocycles. The Morgan fingerprint density at radius 1 is 1.22 bits per heavy atom. The molecule has 0 saturated heterocycles. The highest BCUT2D eigenvalue weighted by molar-refractivity contribution is 7.99. The minimum absolute atomic E-state index is 0.129. The molecule has 0 aliphatic heterocycles. The van der Waals surface area contributed by atoms with Crippen LogP contribution in [-0.4, -0.2) is 26.8 Å². The second-order valence-electron chi connectivity index (χ2n) is 5.28. The Balaban J connectivity index is 1.59. The highest BCUT2D eigenvalue weighted by Crippen LogP contribution is 2.20. The number of carbonyl (C=O) groups excluding carboxylic acids is 1. The third-order valence-corrected chi connectivity index (χ3v) is 4.03. The van der Waals surface area contributed by atoms with E-state index < -0.39 is 0 Å². The number of fused-ring (bicyclic) bond motifs is 1. The van der Waals surface area contributed by atoms with Crippen LogP contribution in [0.2, 0.25) is 0 Å². The number of amides is 1. The first-order chi connectivity index (χ1) is 11.1. The van der Waals surface area contributed by atoms with E-state index in [2.05, 4.69) is 20.5 Å². The molecule has 2 heterocycles. The Labute approximate surface area is 137 Å². The number of hydrogen-bond acceptors (Lipinski definition) is 6. The van der Waals surface area contributed by atoms with Gasteiger partial charge in [-0.05, 0) is 12.1 Å². The number of aromatic nitrogens is 3. The monoisotopic (exact) mass is 328 g/mol. The maximum Gasteiger partial charge on any atom is 0.322 e. The van der Waals surface area contributed by atoms with Crippen molar-refractivity contribution in [1.82, 2.24) is 15.2 Å². The van der Waals surface area contributed by atoms with E-state index in [1.165, 1.54) is 11.8 Å². The van der Waals surface area contributed by atoms with Gasteiger partial charge < -0.3 is 4.42 Å². The van der Waals surface area contributed by atoms with Gasteiger partial charge in [-0.1, -0.05) is 55.0 Å². The van der Waals surface area contributed by atoms with Crippen molar-refractivity contribution >= 4 is 34.6 Å².